The summed E-state index contributed by atoms with van der Waals surface area (Å²) in [6, 6.07) is 8.15. The number of ketones is 1. The molecule has 6 atom stereocenters. The van der Waals surface area contributed by atoms with Gasteiger partial charge in [-0.3, -0.25) is 4.79 Å². The number of unbranched alkanes of at least 4 members (excludes halogenated alkanes) is 4. The Hall–Kier alpha value is -2.63. The summed E-state index contributed by atoms with van der Waals surface area (Å²) in [5, 5.41) is 14.2. The summed E-state index contributed by atoms with van der Waals surface area (Å²) in [6.45, 7) is 10.4. The third kappa shape index (κ3) is 16.0. The predicted octanol–water partition coefficient (Wildman–Crippen LogP) is 10.0. The average molecular weight is 622 g/mol. The molecule has 1 saturated carbocycles. The van der Waals surface area contributed by atoms with Gasteiger partial charge in [0, 0.05) is 31.2 Å². The Balaban J connectivity index is 1.62. The first-order valence-electron chi connectivity index (χ1n) is 17.4. The first-order chi connectivity index (χ1) is 21.6. The number of hydrogen-bond donors (Lipinski definition) is 2. The minimum atomic E-state index is -0.676. The largest absolute Gasteiger partial charge is 0.497 e. The number of allylic oxidation sites excluding steroid dienone is 6. The van der Waals surface area contributed by atoms with Crippen molar-refractivity contribution in [2.45, 2.75) is 130 Å². The van der Waals surface area contributed by atoms with E-state index in [1.165, 1.54) is 56.9 Å². The van der Waals surface area contributed by atoms with Crippen molar-refractivity contribution in [3.8, 4) is 5.75 Å². The smallest absolute Gasteiger partial charge is 0.138 e. The zero-order valence-electron chi connectivity index (χ0n) is 29.4. The number of Topliss-reactive ketones (excluding diaryl/α,β-unsaturated/α-hetero) is 1. The standard InChI is InChI=1S/C40H63NO4/c1-30(17-12-11-14-18-31(2)34(5)41-36-23-25-37(44-6)26-24-36)27-33(4)40(43)29-39(42)32(3)19-13-9-8-10-15-20-35-21-16-22-38(28-35)45-7/h11-12,14,17-19,23-26,30,33-35,38-39,41-42H,8-10,13,15-16,20-22,27-29H2,1-7H3/b14-11+,17-12+,31-18+,32-19+/t30?,33-,34?,35-,38+,39+/m1/s1. The van der Waals surface area contributed by atoms with Crippen LogP contribution < -0.4 is 10.1 Å². The first kappa shape index (κ1) is 38.6. The van der Waals surface area contributed by atoms with Crippen molar-refractivity contribution in [3.05, 3.63) is 71.9 Å². The molecule has 5 nitrogen and oxygen atoms in total. The highest BCUT2D eigenvalue weighted by molar-refractivity contribution is 5.81. The minimum Gasteiger partial charge on any atom is -0.497 e. The molecule has 0 aromatic heterocycles. The van der Waals surface area contributed by atoms with Gasteiger partial charge in [0.15, 0.2) is 0 Å². The number of nitrogens with one attached hydrogen (secondary N) is 1. The molecule has 1 aromatic rings. The Kier molecular flexibility index (Phi) is 18.8. The summed E-state index contributed by atoms with van der Waals surface area (Å²) in [5.41, 5.74) is 3.22. The van der Waals surface area contributed by atoms with Gasteiger partial charge in [-0.05, 0) is 94.5 Å². The van der Waals surface area contributed by atoms with Crippen LogP contribution in [0, 0.1) is 17.8 Å². The second-order valence-corrected chi connectivity index (χ2v) is 13.4. The monoisotopic (exact) mass is 621 g/mol. The predicted molar refractivity (Wildman–Crippen MR) is 191 cm³/mol. The van der Waals surface area contributed by atoms with Gasteiger partial charge in [-0.1, -0.05) is 94.4 Å². The SMILES string of the molecule is COc1ccc(NC(C)/C(C)=C/C=C/C=C/C(C)C[C@@H](C)C(=O)C[C@H](O)/C(C)=C/CCCCCC[C@@H]2CCC[C@H](OC)C2)cc1. The van der Waals surface area contributed by atoms with Gasteiger partial charge in [-0.2, -0.15) is 0 Å². The zero-order chi connectivity index (χ0) is 33.0. The molecule has 45 heavy (non-hydrogen) atoms. The number of aliphatic hydroxyl groups is 1. The highest BCUT2D eigenvalue weighted by Gasteiger charge is 2.21. The fourth-order valence-electron chi connectivity index (χ4n) is 6.16. The first-order valence-corrected chi connectivity index (χ1v) is 17.4. The zero-order valence-corrected chi connectivity index (χ0v) is 29.4. The summed E-state index contributed by atoms with van der Waals surface area (Å²) in [4.78, 5) is 12.8. The number of rotatable bonds is 21. The normalized spacial score (nSPS) is 20.7. The molecular formula is C40H63NO4. The third-order valence-electron chi connectivity index (χ3n) is 9.47. The van der Waals surface area contributed by atoms with Crippen LogP contribution in [0.25, 0.3) is 0 Å². The summed E-state index contributed by atoms with van der Waals surface area (Å²) in [7, 11) is 3.52. The number of carbonyl (C=O) groups excluding carboxylic acids is 1. The number of methoxy groups -OCH3 is 2. The summed E-state index contributed by atoms with van der Waals surface area (Å²) >= 11 is 0. The molecule has 0 radical (unpaired) electrons. The van der Waals surface area contributed by atoms with E-state index in [-0.39, 0.29) is 30.1 Å². The number of aliphatic hydroxyl groups excluding tert-OH is 1. The van der Waals surface area contributed by atoms with Gasteiger partial charge in [0.2, 0.25) is 0 Å². The average Bonchev–Trinajstić information content (AvgIpc) is 3.04. The van der Waals surface area contributed by atoms with Crippen LogP contribution in [0.2, 0.25) is 0 Å². The van der Waals surface area contributed by atoms with Gasteiger partial charge in [-0.25, -0.2) is 0 Å². The molecule has 0 bridgehead atoms. The lowest BCUT2D eigenvalue weighted by atomic mass is 9.84. The van der Waals surface area contributed by atoms with Crippen LogP contribution in [0.1, 0.15) is 112 Å². The molecular weight excluding hydrogens is 558 g/mol. The molecule has 1 aromatic carbocycles. The van der Waals surface area contributed by atoms with Crippen LogP contribution in [-0.4, -0.2) is 43.4 Å². The van der Waals surface area contributed by atoms with Gasteiger partial charge >= 0.3 is 0 Å². The van der Waals surface area contributed by atoms with E-state index in [1.807, 2.05) is 51.3 Å². The van der Waals surface area contributed by atoms with Gasteiger partial charge in [0.05, 0.1) is 19.3 Å². The van der Waals surface area contributed by atoms with Gasteiger partial charge in [0.25, 0.3) is 0 Å². The van der Waals surface area contributed by atoms with E-state index in [2.05, 4.69) is 56.5 Å². The summed E-state index contributed by atoms with van der Waals surface area (Å²) in [6.07, 6.45) is 25.8. The van der Waals surface area contributed by atoms with Crippen LogP contribution in [0.5, 0.6) is 5.75 Å². The fourth-order valence-corrected chi connectivity index (χ4v) is 6.16. The molecule has 2 unspecified atom stereocenters. The number of carbonyl (C=O) groups is 1. The van der Waals surface area contributed by atoms with Crippen LogP contribution >= 0.6 is 0 Å². The third-order valence-corrected chi connectivity index (χ3v) is 9.47. The van der Waals surface area contributed by atoms with E-state index < -0.39 is 6.10 Å². The number of benzene rings is 1. The molecule has 0 heterocycles. The van der Waals surface area contributed by atoms with Crippen LogP contribution in [0.3, 0.4) is 0 Å². The molecule has 0 saturated heterocycles. The topological polar surface area (TPSA) is 67.8 Å². The minimum absolute atomic E-state index is 0.0774. The molecule has 0 aliphatic heterocycles. The molecule has 1 fully saturated rings. The van der Waals surface area contributed by atoms with Crippen molar-refractivity contribution >= 4 is 11.5 Å². The van der Waals surface area contributed by atoms with Crippen molar-refractivity contribution < 1.29 is 19.4 Å². The fraction of sp³-hybridized carbons (Fsp3) is 0.625. The maximum atomic E-state index is 12.8. The second kappa shape index (κ2) is 22.0. The van der Waals surface area contributed by atoms with Crippen molar-refractivity contribution in [2.75, 3.05) is 19.5 Å². The van der Waals surface area contributed by atoms with Crippen molar-refractivity contribution in [1.29, 1.82) is 0 Å². The lowest BCUT2D eigenvalue weighted by Gasteiger charge is -2.28. The Labute approximate surface area is 275 Å². The van der Waals surface area contributed by atoms with Crippen molar-refractivity contribution in [3.63, 3.8) is 0 Å². The van der Waals surface area contributed by atoms with Crippen LogP contribution in [0.15, 0.2) is 71.9 Å². The van der Waals surface area contributed by atoms with E-state index >= 15 is 0 Å². The Morgan fingerprint density at radius 2 is 1.71 bits per heavy atom. The molecule has 0 amide bonds. The van der Waals surface area contributed by atoms with Crippen LogP contribution in [-0.2, 0) is 9.53 Å². The van der Waals surface area contributed by atoms with Crippen LogP contribution in [0.4, 0.5) is 5.69 Å². The highest BCUT2D eigenvalue weighted by Crippen LogP contribution is 2.30. The Bertz CT molecular complexity index is 1090. The lowest BCUT2D eigenvalue weighted by Crippen LogP contribution is -2.21. The Morgan fingerprint density at radius 3 is 2.42 bits per heavy atom. The second-order valence-electron chi connectivity index (χ2n) is 13.4. The van der Waals surface area contributed by atoms with Gasteiger partial charge < -0.3 is 19.9 Å². The van der Waals surface area contributed by atoms with E-state index in [0.29, 0.717) is 6.10 Å². The quantitative estimate of drug-likeness (QED) is 0.0812. The number of ether oxygens (including phenoxy) is 2. The van der Waals surface area contributed by atoms with E-state index in [1.54, 1.807) is 7.11 Å². The summed E-state index contributed by atoms with van der Waals surface area (Å²) < 4.78 is 10.8. The molecule has 2 N–H and O–H groups in total. The molecule has 252 valence electrons. The highest BCUT2D eigenvalue weighted by atomic mass is 16.5. The summed E-state index contributed by atoms with van der Waals surface area (Å²) in [5.74, 6) is 2.04. The maximum absolute atomic E-state index is 12.8. The lowest BCUT2D eigenvalue weighted by molar-refractivity contribution is -0.124. The molecule has 1 aliphatic rings. The van der Waals surface area contributed by atoms with Crippen molar-refractivity contribution in [1.82, 2.24) is 0 Å². The van der Waals surface area contributed by atoms with E-state index in [4.69, 9.17) is 9.47 Å². The number of anilines is 1. The molecule has 5 heteroatoms. The Morgan fingerprint density at radius 1 is 0.978 bits per heavy atom. The van der Waals surface area contributed by atoms with Crippen molar-refractivity contribution in [2.24, 2.45) is 17.8 Å². The van der Waals surface area contributed by atoms with E-state index in [0.717, 1.165) is 42.2 Å². The molecule has 2 rings (SSSR count). The maximum Gasteiger partial charge on any atom is 0.138 e. The van der Waals surface area contributed by atoms with Gasteiger partial charge in [0.1, 0.15) is 11.5 Å². The molecule has 1 aliphatic carbocycles. The van der Waals surface area contributed by atoms with Gasteiger partial charge in [-0.15, -0.1) is 0 Å². The number of hydrogen-bond acceptors (Lipinski definition) is 5. The molecule has 0 spiro atoms. The van der Waals surface area contributed by atoms with E-state index in [9.17, 15) is 9.90 Å².